The molecule has 0 N–H and O–H groups in total. The predicted molar refractivity (Wildman–Crippen MR) is 105 cm³/mol. The highest BCUT2D eigenvalue weighted by atomic mass is 127. The van der Waals surface area contributed by atoms with Gasteiger partial charge in [-0.25, -0.2) is 0 Å². The summed E-state index contributed by atoms with van der Waals surface area (Å²) in [7, 11) is 1.60. The first-order valence-corrected chi connectivity index (χ1v) is 8.84. The van der Waals surface area contributed by atoms with Crippen LogP contribution in [0.3, 0.4) is 0 Å². The fourth-order valence-corrected chi connectivity index (χ4v) is 3.02. The fraction of sp³-hybridized carbons (Fsp3) is 0.167. The van der Waals surface area contributed by atoms with Crippen molar-refractivity contribution in [1.82, 2.24) is 0 Å². The number of methoxy groups -OCH3 is 1. The summed E-state index contributed by atoms with van der Waals surface area (Å²) in [6, 6.07) is 13.9. The molecule has 2 rings (SSSR count). The molecule has 23 heavy (non-hydrogen) atoms. The summed E-state index contributed by atoms with van der Waals surface area (Å²) in [5.41, 5.74) is 2.35. The maximum absolute atomic E-state index is 9.46. The zero-order chi connectivity index (χ0) is 16.8. The van der Waals surface area contributed by atoms with Crippen molar-refractivity contribution in [2.75, 3.05) is 13.7 Å². The average molecular weight is 484 g/mol. The first-order chi connectivity index (χ1) is 11.1. The minimum atomic E-state index is 0.552. The summed E-state index contributed by atoms with van der Waals surface area (Å²) in [6.07, 6.45) is 1.84. The Morgan fingerprint density at radius 3 is 2.57 bits per heavy atom. The molecule has 3 nitrogen and oxygen atoms in total. The van der Waals surface area contributed by atoms with Crippen LogP contribution in [-0.2, 0) is 0 Å². The van der Waals surface area contributed by atoms with E-state index in [4.69, 9.17) is 9.47 Å². The van der Waals surface area contributed by atoms with Crippen molar-refractivity contribution in [2.45, 2.75) is 6.92 Å². The summed E-state index contributed by atoms with van der Waals surface area (Å²) in [4.78, 5) is 0. The van der Waals surface area contributed by atoms with E-state index in [0.717, 1.165) is 19.2 Å². The lowest BCUT2D eigenvalue weighted by Crippen LogP contribution is -1.97. The van der Waals surface area contributed by atoms with Crippen molar-refractivity contribution in [3.8, 4) is 17.6 Å². The average Bonchev–Trinajstić information content (AvgIpc) is 2.55. The molecule has 2 aromatic rings. The second-order valence-electron chi connectivity index (χ2n) is 4.64. The third-order valence-corrected chi connectivity index (χ3v) is 4.44. The van der Waals surface area contributed by atoms with Crippen molar-refractivity contribution in [3.63, 3.8) is 0 Å². The van der Waals surface area contributed by atoms with Crippen molar-refractivity contribution in [2.24, 2.45) is 0 Å². The van der Waals surface area contributed by atoms with Crippen LogP contribution in [0.2, 0.25) is 0 Å². The maximum Gasteiger partial charge on any atom is 0.175 e. The van der Waals surface area contributed by atoms with Gasteiger partial charge in [0.2, 0.25) is 0 Å². The standard InChI is InChI=1S/C18H15BrINO2/c1-3-23-18-16(19)9-12(10-17(18)22-2)8-14(11-21)13-4-6-15(20)7-5-13/h4-10H,3H2,1-2H3/b14-8-. The first-order valence-electron chi connectivity index (χ1n) is 6.97. The van der Waals surface area contributed by atoms with Gasteiger partial charge in [-0.05, 0) is 86.9 Å². The Kier molecular flexibility index (Phi) is 6.48. The molecule has 0 saturated carbocycles. The van der Waals surface area contributed by atoms with Gasteiger partial charge >= 0.3 is 0 Å². The van der Waals surface area contributed by atoms with Gasteiger partial charge in [0.25, 0.3) is 0 Å². The Morgan fingerprint density at radius 1 is 1.30 bits per heavy atom. The lowest BCUT2D eigenvalue weighted by molar-refractivity contribution is 0.309. The number of nitriles is 1. The maximum atomic E-state index is 9.46. The van der Waals surface area contributed by atoms with E-state index in [1.807, 2.05) is 49.4 Å². The summed E-state index contributed by atoms with van der Waals surface area (Å²) < 4.78 is 12.9. The van der Waals surface area contributed by atoms with Crippen LogP contribution in [0.25, 0.3) is 11.6 Å². The highest BCUT2D eigenvalue weighted by Gasteiger charge is 2.11. The molecule has 2 aromatic carbocycles. The van der Waals surface area contributed by atoms with Gasteiger partial charge in [0, 0.05) is 3.57 Å². The van der Waals surface area contributed by atoms with Crippen LogP contribution in [0, 0.1) is 14.9 Å². The van der Waals surface area contributed by atoms with E-state index in [1.54, 1.807) is 7.11 Å². The van der Waals surface area contributed by atoms with Crippen LogP contribution in [-0.4, -0.2) is 13.7 Å². The second-order valence-corrected chi connectivity index (χ2v) is 6.74. The van der Waals surface area contributed by atoms with Gasteiger partial charge in [0.1, 0.15) is 0 Å². The highest BCUT2D eigenvalue weighted by Crippen LogP contribution is 2.37. The molecule has 0 fully saturated rings. The van der Waals surface area contributed by atoms with E-state index < -0.39 is 0 Å². The van der Waals surface area contributed by atoms with Gasteiger partial charge in [0.15, 0.2) is 11.5 Å². The second kappa shape index (κ2) is 8.37. The molecular formula is C18H15BrINO2. The Bertz CT molecular complexity index is 764. The van der Waals surface area contributed by atoms with Gasteiger partial charge < -0.3 is 9.47 Å². The molecule has 0 heterocycles. The van der Waals surface area contributed by atoms with Crippen LogP contribution < -0.4 is 9.47 Å². The van der Waals surface area contributed by atoms with E-state index in [2.05, 4.69) is 44.6 Å². The number of ether oxygens (including phenoxy) is 2. The number of rotatable bonds is 5. The largest absolute Gasteiger partial charge is 0.493 e. The number of halogens is 2. The van der Waals surface area contributed by atoms with Gasteiger partial charge in [-0.2, -0.15) is 5.26 Å². The highest BCUT2D eigenvalue weighted by molar-refractivity contribution is 14.1. The Balaban J connectivity index is 2.46. The molecule has 0 bridgehead atoms. The molecule has 0 saturated heterocycles. The van der Waals surface area contributed by atoms with Crippen LogP contribution in [0.1, 0.15) is 18.1 Å². The molecule has 5 heteroatoms. The van der Waals surface area contributed by atoms with Crippen LogP contribution in [0.15, 0.2) is 40.9 Å². The molecule has 0 spiro atoms. The molecular weight excluding hydrogens is 469 g/mol. The normalized spacial score (nSPS) is 11.0. The molecule has 0 aliphatic rings. The zero-order valence-electron chi connectivity index (χ0n) is 12.8. The molecule has 0 radical (unpaired) electrons. The van der Waals surface area contributed by atoms with Crippen molar-refractivity contribution >= 4 is 50.2 Å². The van der Waals surface area contributed by atoms with Gasteiger partial charge in [-0.15, -0.1) is 0 Å². The van der Waals surface area contributed by atoms with E-state index >= 15 is 0 Å². The smallest absolute Gasteiger partial charge is 0.175 e. The molecule has 0 amide bonds. The molecule has 0 atom stereocenters. The van der Waals surface area contributed by atoms with Gasteiger partial charge in [0.05, 0.1) is 29.8 Å². The lowest BCUT2D eigenvalue weighted by Gasteiger charge is -2.12. The molecule has 0 aliphatic heterocycles. The molecule has 0 aromatic heterocycles. The number of nitrogens with zero attached hydrogens (tertiary/aromatic N) is 1. The van der Waals surface area contributed by atoms with Crippen LogP contribution in [0.5, 0.6) is 11.5 Å². The van der Waals surface area contributed by atoms with E-state index in [9.17, 15) is 5.26 Å². The summed E-state index contributed by atoms with van der Waals surface area (Å²) in [6.45, 7) is 2.47. The zero-order valence-corrected chi connectivity index (χ0v) is 16.5. The minimum absolute atomic E-state index is 0.552. The Labute approximate surface area is 158 Å². The van der Waals surface area contributed by atoms with Crippen LogP contribution >= 0.6 is 38.5 Å². The summed E-state index contributed by atoms with van der Waals surface area (Å²) >= 11 is 5.74. The SMILES string of the molecule is CCOc1c(Br)cc(/C=C(/C#N)c2ccc(I)cc2)cc1OC. The van der Waals surface area contributed by atoms with E-state index in [0.29, 0.717) is 23.7 Å². The van der Waals surface area contributed by atoms with E-state index in [-0.39, 0.29) is 0 Å². The number of hydrogen-bond acceptors (Lipinski definition) is 3. The predicted octanol–water partition coefficient (Wildman–Crippen LogP) is 5.53. The van der Waals surface area contributed by atoms with E-state index in [1.165, 1.54) is 0 Å². The van der Waals surface area contributed by atoms with Crippen LogP contribution in [0.4, 0.5) is 0 Å². The Morgan fingerprint density at radius 2 is 2.00 bits per heavy atom. The topological polar surface area (TPSA) is 42.2 Å². The quantitative estimate of drug-likeness (QED) is 0.319. The first kappa shape index (κ1) is 17.8. The van der Waals surface area contributed by atoms with Gasteiger partial charge in [-0.1, -0.05) is 12.1 Å². The lowest BCUT2D eigenvalue weighted by atomic mass is 10.0. The monoisotopic (exact) mass is 483 g/mol. The minimum Gasteiger partial charge on any atom is -0.493 e. The third-order valence-electron chi connectivity index (χ3n) is 3.13. The summed E-state index contributed by atoms with van der Waals surface area (Å²) in [5.74, 6) is 1.30. The van der Waals surface area contributed by atoms with Crippen molar-refractivity contribution < 1.29 is 9.47 Å². The fourth-order valence-electron chi connectivity index (χ4n) is 2.08. The Hall–Kier alpha value is -1.52. The van der Waals surface area contributed by atoms with Gasteiger partial charge in [-0.3, -0.25) is 0 Å². The molecule has 118 valence electrons. The van der Waals surface area contributed by atoms with Crippen molar-refractivity contribution in [3.05, 3.63) is 55.6 Å². The third kappa shape index (κ3) is 4.49. The molecule has 0 unspecified atom stereocenters. The number of hydrogen-bond donors (Lipinski definition) is 0. The van der Waals surface area contributed by atoms with Crippen molar-refractivity contribution in [1.29, 1.82) is 5.26 Å². The number of benzene rings is 2. The summed E-state index contributed by atoms with van der Waals surface area (Å²) in [5, 5.41) is 9.46. The molecule has 0 aliphatic carbocycles. The number of allylic oxidation sites excluding steroid dienone is 1.